The number of benzene rings is 1. The summed E-state index contributed by atoms with van der Waals surface area (Å²) in [6, 6.07) is 6.51. The van der Waals surface area contributed by atoms with E-state index in [1.54, 1.807) is 24.3 Å². The van der Waals surface area contributed by atoms with E-state index < -0.39 is 15.7 Å². The molecule has 1 fully saturated rings. The maximum Gasteiger partial charge on any atom is 0.250 e. The lowest BCUT2D eigenvalue weighted by molar-refractivity contribution is -0.118. The summed E-state index contributed by atoms with van der Waals surface area (Å²) in [7, 11) is -3.75. The zero-order valence-electron chi connectivity index (χ0n) is 12.1. The second-order valence-electron chi connectivity index (χ2n) is 5.55. The topological polar surface area (TPSA) is 108 Å². The summed E-state index contributed by atoms with van der Waals surface area (Å²) in [5.41, 5.74) is 5.81. The van der Waals surface area contributed by atoms with Gasteiger partial charge in [0.05, 0.1) is 5.75 Å². The number of amides is 1. The van der Waals surface area contributed by atoms with Crippen molar-refractivity contribution in [1.82, 2.24) is 14.8 Å². The van der Waals surface area contributed by atoms with Crippen LogP contribution in [0.3, 0.4) is 0 Å². The fourth-order valence-corrected chi connectivity index (χ4v) is 3.89. The lowest BCUT2D eigenvalue weighted by Crippen LogP contribution is -2.23. The van der Waals surface area contributed by atoms with Gasteiger partial charge in [-0.05, 0) is 30.5 Å². The van der Waals surface area contributed by atoms with E-state index in [2.05, 4.69) is 10.2 Å². The van der Waals surface area contributed by atoms with Crippen LogP contribution in [0.5, 0.6) is 0 Å². The molecule has 1 aromatic carbocycles. The number of halogens is 1. The zero-order valence-corrected chi connectivity index (χ0v) is 13.7. The largest absolute Gasteiger partial charge is 0.368 e. The van der Waals surface area contributed by atoms with Crippen LogP contribution in [0.25, 0.3) is 0 Å². The summed E-state index contributed by atoms with van der Waals surface area (Å²) < 4.78 is 26.6. The molecule has 23 heavy (non-hydrogen) atoms. The highest BCUT2D eigenvalue weighted by Gasteiger charge is 2.34. The predicted octanol–water partition coefficient (Wildman–Crippen LogP) is 1.27. The van der Waals surface area contributed by atoms with Gasteiger partial charge in [-0.1, -0.05) is 23.7 Å². The maximum absolute atomic E-state index is 12.6. The molecule has 0 unspecified atom stereocenters. The smallest absolute Gasteiger partial charge is 0.250 e. The van der Waals surface area contributed by atoms with Crippen LogP contribution >= 0.6 is 11.6 Å². The highest BCUT2D eigenvalue weighted by Crippen LogP contribution is 2.39. The van der Waals surface area contributed by atoms with E-state index in [0.29, 0.717) is 16.4 Å². The fraction of sp³-hybridized carbons (Fsp3) is 0.357. The summed E-state index contributed by atoms with van der Waals surface area (Å²) in [6.45, 7) is -0.242. The number of hydrogen-bond donors (Lipinski definition) is 1. The number of nitrogens with zero attached hydrogens (tertiary/aromatic N) is 3. The summed E-state index contributed by atoms with van der Waals surface area (Å²) >= 11 is 5.80. The Hall–Kier alpha value is -1.93. The Morgan fingerprint density at radius 2 is 1.91 bits per heavy atom. The van der Waals surface area contributed by atoms with Gasteiger partial charge in [-0.15, -0.1) is 10.2 Å². The van der Waals surface area contributed by atoms with Gasteiger partial charge in [-0.2, -0.15) is 0 Å². The van der Waals surface area contributed by atoms with Gasteiger partial charge < -0.3 is 5.73 Å². The minimum Gasteiger partial charge on any atom is -0.368 e. The molecule has 9 heteroatoms. The predicted molar refractivity (Wildman–Crippen MR) is 83.5 cm³/mol. The lowest BCUT2D eigenvalue weighted by atomic mass is 10.2. The van der Waals surface area contributed by atoms with Crippen LogP contribution in [0.4, 0.5) is 0 Å². The number of hydrogen-bond acceptors (Lipinski definition) is 5. The van der Waals surface area contributed by atoms with Crippen molar-refractivity contribution >= 4 is 27.3 Å². The third-order valence-corrected chi connectivity index (χ3v) is 5.37. The van der Waals surface area contributed by atoms with Crippen molar-refractivity contribution in [2.75, 3.05) is 0 Å². The third kappa shape index (κ3) is 3.53. The number of primary amides is 1. The molecule has 0 aliphatic heterocycles. The molecule has 1 amide bonds. The van der Waals surface area contributed by atoms with Crippen molar-refractivity contribution in [1.29, 1.82) is 0 Å². The molecule has 0 saturated heterocycles. The Labute approximate surface area is 138 Å². The minimum absolute atomic E-state index is 0.154. The summed E-state index contributed by atoms with van der Waals surface area (Å²) in [5, 5.41) is 8.08. The van der Waals surface area contributed by atoms with Crippen LogP contribution in [0.1, 0.15) is 30.1 Å². The Bertz CT molecular complexity index is 841. The highest BCUT2D eigenvalue weighted by molar-refractivity contribution is 7.90. The first-order chi connectivity index (χ1) is 10.9. The average molecular weight is 355 g/mol. The summed E-state index contributed by atoms with van der Waals surface area (Å²) in [6.07, 6.45) is 1.82. The van der Waals surface area contributed by atoms with E-state index in [-0.39, 0.29) is 23.4 Å². The van der Waals surface area contributed by atoms with E-state index >= 15 is 0 Å². The van der Waals surface area contributed by atoms with Crippen LogP contribution in [0.15, 0.2) is 29.4 Å². The molecule has 2 N–H and O–H groups in total. The van der Waals surface area contributed by atoms with Gasteiger partial charge in [0.25, 0.3) is 5.16 Å². The average Bonchev–Trinajstić information content (AvgIpc) is 3.22. The van der Waals surface area contributed by atoms with Crippen LogP contribution in [0.2, 0.25) is 5.02 Å². The molecular formula is C14H15ClN4O3S. The Morgan fingerprint density at radius 3 is 2.48 bits per heavy atom. The monoisotopic (exact) mass is 354 g/mol. The molecule has 3 rings (SSSR count). The van der Waals surface area contributed by atoms with Gasteiger partial charge >= 0.3 is 0 Å². The number of rotatable bonds is 6. The van der Waals surface area contributed by atoms with E-state index in [1.807, 2.05) is 0 Å². The third-order valence-electron chi connectivity index (χ3n) is 3.55. The van der Waals surface area contributed by atoms with E-state index in [4.69, 9.17) is 17.3 Å². The molecule has 1 aliphatic rings. The van der Waals surface area contributed by atoms with Crippen molar-refractivity contribution in [3.05, 3.63) is 40.7 Å². The van der Waals surface area contributed by atoms with Gasteiger partial charge in [-0.3, -0.25) is 9.36 Å². The maximum atomic E-state index is 12.6. The Morgan fingerprint density at radius 1 is 1.26 bits per heavy atom. The zero-order chi connectivity index (χ0) is 16.6. The van der Waals surface area contributed by atoms with Gasteiger partial charge in [0.2, 0.25) is 15.7 Å². The quantitative estimate of drug-likeness (QED) is 0.840. The normalized spacial score (nSPS) is 14.8. The SMILES string of the molecule is NC(=O)Cn1c(C2CC2)nnc1S(=O)(=O)Cc1ccc(Cl)cc1. The van der Waals surface area contributed by atoms with Crippen molar-refractivity contribution in [3.63, 3.8) is 0 Å². The van der Waals surface area contributed by atoms with Gasteiger partial charge in [-0.25, -0.2) is 8.42 Å². The Kier molecular flexibility index (Phi) is 4.11. The van der Waals surface area contributed by atoms with Crippen molar-refractivity contribution in [2.24, 2.45) is 5.73 Å². The number of sulfone groups is 1. The molecule has 0 radical (unpaired) electrons. The van der Waals surface area contributed by atoms with Crippen molar-refractivity contribution in [2.45, 2.75) is 36.2 Å². The molecule has 1 saturated carbocycles. The summed E-state index contributed by atoms with van der Waals surface area (Å²) in [5.74, 6) is -0.208. The molecule has 1 aliphatic carbocycles. The minimum atomic E-state index is -3.75. The number of nitrogens with two attached hydrogens (primary N) is 1. The van der Waals surface area contributed by atoms with Gasteiger partial charge in [0.1, 0.15) is 12.4 Å². The standard InChI is InChI=1S/C14H15ClN4O3S/c15-11-5-1-9(2-6-11)8-23(21,22)14-18-17-13(10-3-4-10)19(14)7-12(16)20/h1-2,5-6,10H,3-4,7-8H2,(H2,16,20). The van der Waals surface area contributed by atoms with Crippen molar-refractivity contribution < 1.29 is 13.2 Å². The first kappa shape index (κ1) is 15.9. The fourth-order valence-electron chi connectivity index (χ4n) is 2.34. The molecule has 122 valence electrons. The van der Waals surface area contributed by atoms with Gasteiger partial charge in [0, 0.05) is 10.9 Å². The molecule has 7 nitrogen and oxygen atoms in total. The van der Waals surface area contributed by atoms with E-state index in [1.165, 1.54) is 4.57 Å². The molecule has 0 atom stereocenters. The number of carbonyl (C=O) groups excluding carboxylic acids is 1. The van der Waals surface area contributed by atoms with E-state index in [0.717, 1.165) is 12.8 Å². The first-order valence-corrected chi connectivity index (χ1v) is 9.08. The second kappa shape index (κ2) is 5.93. The van der Waals surface area contributed by atoms with Crippen LogP contribution in [-0.2, 0) is 26.9 Å². The molecule has 1 heterocycles. The molecule has 0 bridgehead atoms. The molecule has 1 aromatic heterocycles. The molecule has 2 aromatic rings. The van der Waals surface area contributed by atoms with E-state index in [9.17, 15) is 13.2 Å². The van der Waals surface area contributed by atoms with Crippen LogP contribution in [-0.4, -0.2) is 29.1 Å². The Balaban J connectivity index is 1.95. The van der Waals surface area contributed by atoms with Gasteiger partial charge in [0.15, 0.2) is 0 Å². The number of carbonyl (C=O) groups is 1. The number of aromatic nitrogens is 3. The first-order valence-electron chi connectivity index (χ1n) is 7.05. The highest BCUT2D eigenvalue weighted by atomic mass is 35.5. The molecular weight excluding hydrogens is 340 g/mol. The lowest BCUT2D eigenvalue weighted by Gasteiger charge is -2.08. The van der Waals surface area contributed by atoms with Crippen molar-refractivity contribution in [3.8, 4) is 0 Å². The van der Waals surface area contributed by atoms with Crippen LogP contribution in [0, 0.1) is 0 Å². The molecule has 0 spiro atoms. The van der Waals surface area contributed by atoms with Crippen LogP contribution < -0.4 is 5.73 Å². The summed E-state index contributed by atoms with van der Waals surface area (Å²) in [4.78, 5) is 11.3. The second-order valence-corrected chi connectivity index (χ2v) is 7.87.